The van der Waals surface area contributed by atoms with Gasteiger partial charge < -0.3 is 15.0 Å². The zero-order valence-electron chi connectivity index (χ0n) is 18.1. The third kappa shape index (κ3) is 5.14. The molecule has 5 nitrogen and oxygen atoms in total. The van der Waals surface area contributed by atoms with Gasteiger partial charge in [-0.15, -0.1) is 0 Å². The van der Waals surface area contributed by atoms with Crippen molar-refractivity contribution < 1.29 is 13.9 Å². The maximum absolute atomic E-state index is 14.3. The van der Waals surface area contributed by atoms with Crippen LogP contribution in [-0.4, -0.2) is 55.0 Å². The number of rotatable bonds is 6. The molecule has 1 N–H and O–H groups in total. The molecule has 2 heterocycles. The predicted octanol–water partition coefficient (Wildman–Crippen LogP) is 3.23. The second-order valence-electron chi connectivity index (χ2n) is 8.30. The number of carbonyl (C=O) groups excluding carboxylic acids is 1. The summed E-state index contributed by atoms with van der Waals surface area (Å²) in [5, 5.41) is 3.39. The van der Waals surface area contributed by atoms with Crippen LogP contribution in [0.1, 0.15) is 28.4 Å². The quantitative estimate of drug-likeness (QED) is 0.725. The van der Waals surface area contributed by atoms with Crippen LogP contribution >= 0.6 is 0 Å². The Morgan fingerprint density at radius 3 is 2.74 bits per heavy atom. The predicted molar refractivity (Wildman–Crippen MR) is 120 cm³/mol. The van der Waals surface area contributed by atoms with E-state index in [0.29, 0.717) is 25.2 Å². The Kier molecular flexibility index (Phi) is 6.68. The molecule has 4 rings (SSSR count). The van der Waals surface area contributed by atoms with Crippen LogP contribution in [0.5, 0.6) is 5.75 Å². The van der Waals surface area contributed by atoms with Crippen molar-refractivity contribution >= 4 is 5.91 Å². The van der Waals surface area contributed by atoms with E-state index in [2.05, 4.69) is 28.9 Å². The Bertz CT molecular complexity index is 954. The number of hydrogen-bond donors (Lipinski definition) is 1. The number of benzene rings is 2. The van der Waals surface area contributed by atoms with E-state index in [1.807, 2.05) is 17.0 Å². The van der Waals surface area contributed by atoms with Crippen LogP contribution in [0.15, 0.2) is 49.1 Å². The van der Waals surface area contributed by atoms with Gasteiger partial charge in [0.2, 0.25) is 5.91 Å². The molecule has 2 aromatic carbocycles. The largest absolute Gasteiger partial charge is 0.484 e. The fourth-order valence-electron chi connectivity index (χ4n) is 4.23. The molecule has 0 aliphatic carbocycles. The summed E-state index contributed by atoms with van der Waals surface area (Å²) in [6.07, 6.45) is 2.05. The van der Waals surface area contributed by atoms with Crippen LogP contribution in [0.25, 0.3) is 0 Å². The fourth-order valence-corrected chi connectivity index (χ4v) is 4.23. The van der Waals surface area contributed by atoms with Crippen molar-refractivity contribution in [1.82, 2.24) is 15.1 Å². The number of amides is 1. The standard InChI is InChI=1S/C25H30FN3O2/c1-3-25(30)29-12-10-28(11-13-29)17-24(20-5-4-18(2)23(26)15-20)31-22-7-6-21-16-27-9-8-19(21)14-22/h3-7,14-15,24,27H,1,8-13,16-17H2,2H3. The van der Waals surface area contributed by atoms with Gasteiger partial charge in [-0.1, -0.05) is 24.8 Å². The summed E-state index contributed by atoms with van der Waals surface area (Å²) < 4.78 is 20.8. The highest BCUT2D eigenvalue weighted by Gasteiger charge is 2.24. The first-order valence-electron chi connectivity index (χ1n) is 10.9. The van der Waals surface area contributed by atoms with Gasteiger partial charge in [-0.25, -0.2) is 4.39 Å². The summed E-state index contributed by atoms with van der Waals surface area (Å²) >= 11 is 0. The average Bonchev–Trinajstić information content (AvgIpc) is 2.80. The van der Waals surface area contributed by atoms with Gasteiger partial charge in [0.15, 0.2) is 0 Å². The van der Waals surface area contributed by atoms with Gasteiger partial charge in [-0.2, -0.15) is 0 Å². The van der Waals surface area contributed by atoms with Gasteiger partial charge >= 0.3 is 0 Å². The highest BCUT2D eigenvalue weighted by atomic mass is 19.1. The Morgan fingerprint density at radius 2 is 2.00 bits per heavy atom. The zero-order valence-corrected chi connectivity index (χ0v) is 18.1. The summed E-state index contributed by atoms with van der Waals surface area (Å²) in [6, 6.07) is 11.6. The van der Waals surface area contributed by atoms with Gasteiger partial charge in [0.05, 0.1) is 0 Å². The highest BCUT2D eigenvalue weighted by molar-refractivity contribution is 5.87. The SMILES string of the molecule is C=CC(=O)N1CCN(CC(Oc2ccc3c(c2)CCNC3)c2ccc(C)c(F)c2)CC1. The van der Waals surface area contributed by atoms with Crippen molar-refractivity contribution in [2.45, 2.75) is 26.0 Å². The monoisotopic (exact) mass is 423 g/mol. The van der Waals surface area contributed by atoms with E-state index < -0.39 is 0 Å². The highest BCUT2D eigenvalue weighted by Crippen LogP contribution is 2.28. The van der Waals surface area contributed by atoms with Crippen LogP contribution in [0, 0.1) is 12.7 Å². The molecule has 0 bridgehead atoms. The van der Waals surface area contributed by atoms with Crippen LogP contribution < -0.4 is 10.1 Å². The third-order valence-electron chi connectivity index (χ3n) is 6.19. The van der Waals surface area contributed by atoms with Gasteiger partial charge in [-0.3, -0.25) is 9.69 Å². The van der Waals surface area contributed by atoms with Crippen molar-refractivity contribution in [3.05, 3.63) is 77.1 Å². The van der Waals surface area contributed by atoms with Crippen molar-refractivity contribution in [2.24, 2.45) is 0 Å². The molecule has 0 spiro atoms. The summed E-state index contributed by atoms with van der Waals surface area (Å²) in [6.45, 7) is 10.7. The number of nitrogens with one attached hydrogen (secondary N) is 1. The lowest BCUT2D eigenvalue weighted by Crippen LogP contribution is -2.49. The van der Waals surface area contributed by atoms with E-state index in [4.69, 9.17) is 4.74 Å². The number of carbonyl (C=O) groups is 1. The smallest absolute Gasteiger partial charge is 0.246 e. The number of fused-ring (bicyclic) bond motifs is 1. The first-order valence-corrected chi connectivity index (χ1v) is 10.9. The van der Waals surface area contributed by atoms with Crippen LogP contribution in [-0.2, 0) is 17.8 Å². The van der Waals surface area contributed by atoms with Crippen LogP contribution in [0.3, 0.4) is 0 Å². The lowest BCUT2D eigenvalue weighted by Gasteiger charge is -2.36. The van der Waals surface area contributed by atoms with Crippen LogP contribution in [0.4, 0.5) is 4.39 Å². The first-order chi connectivity index (χ1) is 15.0. The number of ether oxygens (including phenoxy) is 1. The first kappa shape index (κ1) is 21.5. The lowest BCUT2D eigenvalue weighted by atomic mass is 10.0. The Labute approximate surface area is 183 Å². The van der Waals surface area contributed by atoms with Gasteiger partial charge in [0.25, 0.3) is 0 Å². The molecule has 2 aliphatic heterocycles. The molecule has 31 heavy (non-hydrogen) atoms. The summed E-state index contributed by atoms with van der Waals surface area (Å²) in [5.41, 5.74) is 4.06. The second-order valence-corrected chi connectivity index (χ2v) is 8.30. The normalized spacial score (nSPS) is 17.7. The minimum absolute atomic E-state index is 0.0309. The molecule has 2 aromatic rings. The molecule has 0 radical (unpaired) electrons. The third-order valence-corrected chi connectivity index (χ3v) is 6.19. The molecule has 0 saturated carbocycles. The van der Waals surface area contributed by atoms with Gasteiger partial charge in [-0.05, 0) is 66.4 Å². The van der Waals surface area contributed by atoms with Gasteiger partial charge in [0.1, 0.15) is 17.7 Å². The molecular weight excluding hydrogens is 393 g/mol. The second kappa shape index (κ2) is 9.62. The topological polar surface area (TPSA) is 44.8 Å². The lowest BCUT2D eigenvalue weighted by molar-refractivity contribution is -0.127. The molecule has 1 unspecified atom stereocenters. The number of hydrogen-bond acceptors (Lipinski definition) is 4. The van der Waals surface area contributed by atoms with E-state index in [1.165, 1.54) is 17.2 Å². The van der Waals surface area contributed by atoms with Crippen molar-refractivity contribution in [3.8, 4) is 5.75 Å². The molecule has 1 amide bonds. The van der Waals surface area contributed by atoms with Crippen LogP contribution in [0.2, 0.25) is 0 Å². The summed E-state index contributed by atoms with van der Waals surface area (Å²) in [7, 11) is 0. The van der Waals surface area contributed by atoms with Crippen molar-refractivity contribution in [2.75, 3.05) is 39.3 Å². The minimum atomic E-state index is -0.295. The van der Waals surface area contributed by atoms with Crippen molar-refractivity contribution in [3.63, 3.8) is 0 Å². The van der Waals surface area contributed by atoms with Crippen molar-refractivity contribution in [1.29, 1.82) is 0 Å². The Hall–Kier alpha value is -2.70. The average molecular weight is 424 g/mol. The van der Waals surface area contributed by atoms with E-state index in [-0.39, 0.29) is 17.8 Å². The molecule has 164 valence electrons. The number of nitrogens with zero attached hydrogens (tertiary/aromatic N) is 2. The molecule has 1 fully saturated rings. The molecule has 1 atom stereocenters. The zero-order chi connectivity index (χ0) is 21.8. The summed E-state index contributed by atoms with van der Waals surface area (Å²) in [4.78, 5) is 15.9. The van der Waals surface area contributed by atoms with E-state index in [1.54, 1.807) is 19.1 Å². The molecule has 6 heteroatoms. The summed E-state index contributed by atoms with van der Waals surface area (Å²) in [5.74, 6) is 0.563. The maximum Gasteiger partial charge on any atom is 0.246 e. The van der Waals surface area contributed by atoms with E-state index >= 15 is 0 Å². The van der Waals surface area contributed by atoms with E-state index in [0.717, 1.165) is 43.9 Å². The molecule has 2 aliphatic rings. The number of aryl methyl sites for hydroxylation is 1. The van der Waals surface area contributed by atoms with Gasteiger partial charge in [0, 0.05) is 39.3 Å². The Balaban J connectivity index is 1.51. The number of piperazine rings is 1. The Morgan fingerprint density at radius 1 is 1.19 bits per heavy atom. The maximum atomic E-state index is 14.3. The molecule has 0 aromatic heterocycles. The number of halogens is 1. The molecular formula is C25H30FN3O2. The fraction of sp³-hybridized carbons (Fsp3) is 0.400. The molecule has 1 saturated heterocycles. The van der Waals surface area contributed by atoms with E-state index in [9.17, 15) is 9.18 Å². The minimum Gasteiger partial charge on any atom is -0.484 e.